The Bertz CT molecular complexity index is 1180. The Morgan fingerprint density at radius 1 is 1.10 bits per heavy atom. The summed E-state index contributed by atoms with van der Waals surface area (Å²) >= 11 is 0. The van der Waals surface area contributed by atoms with Gasteiger partial charge in [0.2, 0.25) is 10.0 Å². The molecule has 0 aliphatic carbocycles. The number of hydrogen-bond acceptors (Lipinski definition) is 6. The molecular formula is C18H21N3O6S2. The number of nitrogens with zero attached hydrogens (tertiary/aromatic N) is 2. The molecule has 0 fully saturated rings. The van der Waals surface area contributed by atoms with E-state index in [2.05, 4.69) is 4.72 Å². The lowest BCUT2D eigenvalue weighted by Crippen LogP contribution is -2.36. The molecule has 1 aliphatic rings. The maximum atomic E-state index is 12.8. The number of nitro benzene ring substituents is 1. The van der Waals surface area contributed by atoms with E-state index in [0.29, 0.717) is 18.5 Å². The molecule has 3 rings (SSSR count). The summed E-state index contributed by atoms with van der Waals surface area (Å²) in [4.78, 5) is 10.1. The van der Waals surface area contributed by atoms with Gasteiger partial charge in [-0.3, -0.25) is 14.8 Å². The van der Waals surface area contributed by atoms with Gasteiger partial charge in [0.15, 0.2) is 0 Å². The topological polar surface area (TPSA) is 127 Å². The number of anilines is 1. The van der Waals surface area contributed by atoms with E-state index in [1.165, 1.54) is 16.4 Å². The van der Waals surface area contributed by atoms with E-state index in [0.717, 1.165) is 17.2 Å². The van der Waals surface area contributed by atoms with Crippen molar-refractivity contribution >= 4 is 31.4 Å². The zero-order valence-electron chi connectivity index (χ0n) is 16.0. The van der Waals surface area contributed by atoms with Gasteiger partial charge < -0.3 is 0 Å². The van der Waals surface area contributed by atoms with Crippen LogP contribution in [-0.2, 0) is 33.0 Å². The van der Waals surface area contributed by atoms with Crippen LogP contribution in [0.1, 0.15) is 23.6 Å². The number of nitrogens with one attached hydrogen (secondary N) is 1. The first kappa shape index (κ1) is 21.2. The highest BCUT2D eigenvalue weighted by Crippen LogP contribution is 2.27. The van der Waals surface area contributed by atoms with Crippen LogP contribution in [0.3, 0.4) is 0 Å². The quantitative estimate of drug-likeness (QED) is 0.544. The van der Waals surface area contributed by atoms with E-state index in [1.807, 2.05) is 0 Å². The van der Waals surface area contributed by atoms with Gasteiger partial charge >= 0.3 is 0 Å². The van der Waals surface area contributed by atoms with Crippen LogP contribution >= 0.6 is 0 Å². The first-order valence-corrected chi connectivity index (χ1v) is 12.0. The molecular weight excluding hydrogens is 418 g/mol. The number of benzene rings is 2. The van der Waals surface area contributed by atoms with E-state index in [1.54, 1.807) is 32.0 Å². The molecule has 1 heterocycles. The van der Waals surface area contributed by atoms with Gasteiger partial charge in [-0.05, 0) is 49.1 Å². The molecule has 0 amide bonds. The van der Waals surface area contributed by atoms with Gasteiger partial charge in [0, 0.05) is 30.9 Å². The molecule has 0 unspecified atom stereocenters. The number of aryl methyl sites for hydroxylation is 1. The molecule has 0 spiro atoms. The SMILES string of the molecule is CCS(=O)(=O)N1CCc2ccc(NS(=O)(=O)c3cc([N+](=O)[O-])ccc3C)cc2C1. The van der Waals surface area contributed by atoms with Crippen LogP contribution in [-0.4, -0.2) is 38.4 Å². The minimum absolute atomic E-state index is 0.000711. The standard InChI is InChI=1S/C18H21N3O6S2/c1-3-28(24,25)20-9-8-14-5-6-16(10-15(14)12-20)19-29(26,27)18-11-17(21(22)23)7-4-13(18)2/h4-7,10-11,19H,3,8-9,12H2,1-2H3. The fourth-order valence-electron chi connectivity index (χ4n) is 3.22. The predicted molar refractivity (Wildman–Crippen MR) is 109 cm³/mol. The largest absolute Gasteiger partial charge is 0.280 e. The molecule has 0 bridgehead atoms. The van der Waals surface area contributed by atoms with Crippen molar-refractivity contribution in [3.63, 3.8) is 0 Å². The van der Waals surface area contributed by atoms with Crippen molar-refractivity contribution in [2.75, 3.05) is 17.0 Å². The zero-order valence-corrected chi connectivity index (χ0v) is 17.6. The molecule has 0 atom stereocenters. The number of nitro groups is 1. The summed E-state index contributed by atoms with van der Waals surface area (Å²) in [6, 6.07) is 8.63. The van der Waals surface area contributed by atoms with Crippen LogP contribution in [0.5, 0.6) is 0 Å². The fourth-order valence-corrected chi connectivity index (χ4v) is 5.60. The maximum Gasteiger partial charge on any atom is 0.270 e. The van der Waals surface area contributed by atoms with Gasteiger partial charge in [0.05, 0.1) is 15.6 Å². The Kier molecular flexibility index (Phi) is 5.65. The van der Waals surface area contributed by atoms with Gasteiger partial charge in [-0.1, -0.05) is 12.1 Å². The van der Waals surface area contributed by atoms with E-state index in [9.17, 15) is 26.9 Å². The van der Waals surface area contributed by atoms with E-state index >= 15 is 0 Å². The number of hydrogen-bond donors (Lipinski definition) is 1. The lowest BCUT2D eigenvalue weighted by molar-refractivity contribution is -0.385. The van der Waals surface area contributed by atoms with Crippen molar-refractivity contribution in [1.29, 1.82) is 0 Å². The first-order chi connectivity index (χ1) is 13.5. The number of sulfonamides is 2. The Morgan fingerprint density at radius 2 is 1.83 bits per heavy atom. The Labute approximate surface area is 169 Å². The maximum absolute atomic E-state index is 12.8. The highest BCUT2D eigenvalue weighted by atomic mass is 32.2. The Morgan fingerprint density at radius 3 is 2.48 bits per heavy atom. The van der Waals surface area contributed by atoms with Gasteiger partial charge in [-0.25, -0.2) is 16.8 Å². The average molecular weight is 440 g/mol. The summed E-state index contributed by atoms with van der Waals surface area (Å²) in [5, 5.41) is 11.0. The van der Waals surface area contributed by atoms with Crippen molar-refractivity contribution in [3.05, 3.63) is 63.2 Å². The smallest absolute Gasteiger partial charge is 0.270 e. The molecule has 1 aliphatic heterocycles. The summed E-state index contributed by atoms with van der Waals surface area (Å²) in [7, 11) is -7.40. The van der Waals surface area contributed by atoms with Gasteiger partial charge in [0.25, 0.3) is 15.7 Å². The lowest BCUT2D eigenvalue weighted by atomic mass is 10.0. The zero-order chi connectivity index (χ0) is 21.4. The second-order valence-electron chi connectivity index (χ2n) is 6.78. The highest BCUT2D eigenvalue weighted by molar-refractivity contribution is 7.92. The van der Waals surface area contributed by atoms with Gasteiger partial charge in [-0.15, -0.1) is 0 Å². The van der Waals surface area contributed by atoms with E-state index in [-0.39, 0.29) is 28.6 Å². The van der Waals surface area contributed by atoms with Crippen LogP contribution in [0.4, 0.5) is 11.4 Å². The Hall–Kier alpha value is -2.50. The second kappa shape index (κ2) is 7.73. The molecule has 0 radical (unpaired) electrons. The minimum Gasteiger partial charge on any atom is -0.280 e. The number of non-ortho nitro benzene ring substituents is 1. The van der Waals surface area contributed by atoms with Crippen LogP contribution < -0.4 is 4.72 Å². The molecule has 0 saturated carbocycles. The van der Waals surface area contributed by atoms with Crippen LogP contribution in [0.25, 0.3) is 0 Å². The molecule has 11 heteroatoms. The van der Waals surface area contributed by atoms with Crippen molar-refractivity contribution in [2.24, 2.45) is 0 Å². The van der Waals surface area contributed by atoms with Crippen molar-refractivity contribution in [1.82, 2.24) is 4.31 Å². The highest BCUT2D eigenvalue weighted by Gasteiger charge is 2.26. The third kappa shape index (κ3) is 4.41. The third-order valence-electron chi connectivity index (χ3n) is 4.87. The molecule has 29 heavy (non-hydrogen) atoms. The van der Waals surface area contributed by atoms with Crippen LogP contribution in [0.15, 0.2) is 41.3 Å². The summed E-state index contributed by atoms with van der Waals surface area (Å²) in [5.41, 5.74) is 2.01. The first-order valence-electron chi connectivity index (χ1n) is 8.91. The summed E-state index contributed by atoms with van der Waals surface area (Å²) in [6.45, 7) is 3.70. The van der Waals surface area contributed by atoms with Crippen molar-refractivity contribution < 1.29 is 21.8 Å². The molecule has 2 aromatic carbocycles. The average Bonchev–Trinajstić information content (AvgIpc) is 2.67. The minimum atomic E-state index is -4.06. The lowest BCUT2D eigenvalue weighted by Gasteiger charge is -2.28. The molecule has 2 aromatic rings. The van der Waals surface area contributed by atoms with Crippen molar-refractivity contribution in [3.8, 4) is 0 Å². The normalized spacial score (nSPS) is 15.0. The van der Waals surface area contributed by atoms with Crippen molar-refractivity contribution in [2.45, 2.75) is 31.7 Å². The van der Waals surface area contributed by atoms with Gasteiger partial charge in [0.1, 0.15) is 0 Å². The Balaban J connectivity index is 1.91. The molecule has 9 nitrogen and oxygen atoms in total. The van der Waals surface area contributed by atoms with Crippen LogP contribution in [0, 0.1) is 17.0 Å². The summed E-state index contributed by atoms with van der Waals surface area (Å²) < 4.78 is 53.7. The summed E-state index contributed by atoms with van der Waals surface area (Å²) in [5.74, 6) is 0.000711. The predicted octanol–water partition coefficient (Wildman–Crippen LogP) is 2.41. The third-order valence-corrected chi connectivity index (χ3v) is 8.22. The fraction of sp³-hybridized carbons (Fsp3) is 0.333. The molecule has 0 aromatic heterocycles. The van der Waals surface area contributed by atoms with Gasteiger partial charge in [-0.2, -0.15) is 4.31 Å². The molecule has 0 saturated heterocycles. The number of rotatable bonds is 6. The van der Waals surface area contributed by atoms with E-state index in [4.69, 9.17) is 0 Å². The molecule has 1 N–H and O–H groups in total. The summed E-state index contributed by atoms with van der Waals surface area (Å²) in [6.07, 6.45) is 0.547. The number of fused-ring (bicyclic) bond motifs is 1. The van der Waals surface area contributed by atoms with Crippen LogP contribution in [0.2, 0.25) is 0 Å². The monoisotopic (exact) mass is 439 g/mol. The second-order valence-corrected chi connectivity index (χ2v) is 10.7. The molecule has 156 valence electrons. The van der Waals surface area contributed by atoms with E-state index < -0.39 is 25.0 Å².